The summed E-state index contributed by atoms with van der Waals surface area (Å²) in [4.78, 5) is 28.2. The van der Waals surface area contributed by atoms with Gasteiger partial charge in [-0.1, -0.05) is 12.2 Å². The Bertz CT molecular complexity index is 670. The number of nitriles is 1. The summed E-state index contributed by atoms with van der Waals surface area (Å²) in [6, 6.07) is 1.92. The Balaban J connectivity index is 2.95. The second-order valence-electron chi connectivity index (χ2n) is 5.05. The number of aryl methyl sites for hydroxylation is 1. The maximum Gasteiger partial charge on any atom is 0.266 e. The number of rotatable bonds is 7. The third-order valence-corrected chi connectivity index (χ3v) is 3.56. The van der Waals surface area contributed by atoms with Crippen LogP contribution < -0.4 is 5.56 Å². The highest BCUT2D eigenvalue weighted by atomic mass is 16.2. The van der Waals surface area contributed by atoms with Gasteiger partial charge in [-0.25, -0.2) is 0 Å². The van der Waals surface area contributed by atoms with Crippen LogP contribution in [0.2, 0.25) is 0 Å². The van der Waals surface area contributed by atoms with Crippen LogP contribution >= 0.6 is 0 Å². The van der Waals surface area contributed by atoms with Gasteiger partial charge < -0.3 is 9.88 Å². The smallest absolute Gasteiger partial charge is 0.266 e. The van der Waals surface area contributed by atoms with Gasteiger partial charge in [0.05, 0.1) is 0 Å². The molecular weight excluding hydrogens is 278 g/mol. The van der Waals surface area contributed by atoms with E-state index in [4.69, 9.17) is 5.26 Å². The average molecular weight is 299 g/mol. The fourth-order valence-corrected chi connectivity index (χ4v) is 2.40. The summed E-state index contributed by atoms with van der Waals surface area (Å²) >= 11 is 0. The second kappa shape index (κ2) is 7.99. The summed E-state index contributed by atoms with van der Waals surface area (Å²) in [5.74, 6) is -0.0108. The molecule has 0 aromatic carbocycles. The zero-order chi connectivity index (χ0) is 16.7. The predicted molar refractivity (Wildman–Crippen MR) is 86.5 cm³/mol. The van der Waals surface area contributed by atoms with E-state index >= 15 is 0 Å². The lowest BCUT2D eigenvalue weighted by atomic mass is 9.99. The number of nitrogens with one attached hydrogen (secondary N) is 1. The van der Waals surface area contributed by atoms with E-state index in [0.717, 1.165) is 5.56 Å². The van der Waals surface area contributed by atoms with Crippen LogP contribution in [-0.4, -0.2) is 28.9 Å². The number of H-pyrrole nitrogens is 1. The molecule has 1 amide bonds. The van der Waals surface area contributed by atoms with Crippen LogP contribution in [0.5, 0.6) is 0 Å². The molecule has 0 aliphatic rings. The van der Waals surface area contributed by atoms with Gasteiger partial charge in [-0.15, -0.1) is 13.2 Å². The number of aromatic nitrogens is 1. The lowest BCUT2D eigenvalue weighted by Gasteiger charge is -2.20. The van der Waals surface area contributed by atoms with Crippen LogP contribution in [-0.2, 0) is 11.2 Å². The van der Waals surface area contributed by atoms with Crippen molar-refractivity contribution in [3.8, 4) is 6.07 Å². The third kappa shape index (κ3) is 3.95. The summed E-state index contributed by atoms with van der Waals surface area (Å²) in [6.07, 6.45) is 4.13. The zero-order valence-electron chi connectivity index (χ0n) is 13.1. The SMILES string of the molecule is C=CCN(CC=C)C(=O)CCc1c(C)[nH]c(=O)c(C#N)c1C. The minimum absolute atomic E-state index is 0.0108. The van der Waals surface area contributed by atoms with Gasteiger partial charge >= 0.3 is 0 Å². The highest BCUT2D eigenvalue weighted by molar-refractivity contribution is 5.77. The highest BCUT2D eigenvalue weighted by Gasteiger charge is 2.15. The Kier molecular flexibility index (Phi) is 6.33. The molecule has 0 bridgehead atoms. The summed E-state index contributed by atoms with van der Waals surface area (Å²) < 4.78 is 0. The molecule has 0 aliphatic heterocycles. The van der Waals surface area contributed by atoms with Crippen molar-refractivity contribution < 1.29 is 4.79 Å². The van der Waals surface area contributed by atoms with Crippen LogP contribution in [0.1, 0.15) is 28.8 Å². The largest absolute Gasteiger partial charge is 0.335 e. The lowest BCUT2D eigenvalue weighted by molar-refractivity contribution is -0.130. The topological polar surface area (TPSA) is 77.0 Å². The van der Waals surface area contributed by atoms with E-state index in [-0.39, 0.29) is 17.0 Å². The van der Waals surface area contributed by atoms with Crippen molar-refractivity contribution >= 4 is 5.91 Å². The van der Waals surface area contributed by atoms with Crippen LogP contribution in [0.4, 0.5) is 0 Å². The van der Waals surface area contributed by atoms with Gasteiger partial charge in [-0.05, 0) is 31.4 Å². The van der Waals surface area contributed by atoms with Crippen molar-refractivity contribution in [2.75, 3.05) is 13.1 Å². The van der Waals surface area contributed by atoms with E-state index in [1.165, 1.54) is 0 Å². The normalized spacial score (nSPS) is 9.86. The molecule has 1 heterocycles. The number of aromatic amines is 1. The molecule has 0 saturated carbocycles. The summed E-state index contributed by atoms with van der Waals surface area (Å²) in [7, 11) is 0. The molecule has 0 spiro atoms. The molecule has 0 fully saturated rings. The van der Waals surface area contributed by atoms with E-state index < -0.39 is 0 Å². The molecule has 5 nitrogen and oxygen atoms in total. The van der Waals surface area contributed by atoms with E-state index in [0.29, 0.717) is 37.2 Å². The van der Waals surface area contributed by atoms with E-state index in [9.17, 15) is 9.59 Å². The van der Waals surface area contributed by atoms with E-state index in [1.54, 1.807) is 30.9 Å². The average Bonchev–Trinajstić information content (AvgIpc) is 2.46. The van der Waals surface area contributed by atoms with Crippen LogP contribution in [0.3, 0.4) is 0 Å². The van der Waals surface area contributed by atoms with Gasteiger partial charge in [0.15, 0.2) is 0 Å². The molecular formula is C17H21N3O2. The third-order valence-electron chi connectivity index (χ3n) is 3.56. The van der Waals surface area contributed by atoms with Crippen molar-refractivity contribution in [2.45, 2.75) is 26.7 Å². The first kappa shape index (κ1) is 17.4. The summed E-state index contributed by atoms with van der Waals surface area (Å²) in [5, 5.41) is 9.05. The minimum Gasteiger partial charge on any atom is -0.335 e. The number of nitrogens with zero attached hydrogens (tertiary/aromatic N) is 2. The first-order valence-corrected chi connectivity index (χ1v) is 7.08. The Hall–Kier alpha value is -2.61. The fourth-order valence-electron chi connectivity index (χ4n) is 2.40. The quantitative estimate of drug-likeness (QED) is 0.782. The van der Waals surface area contributed by atoms with Crippen molar-refractivity contribution in [2.24, 2.45) is 0 Å². The molecule has 22 heavy (non-hydrogen) atoms. The Morgan fingerprint density at radius 3 is 2.41 bits per heavy atom. The molecule has 0 aliphatic carbocycles. The second-order valence-corrected chi connectivity index (χ2v) is 5.05. The number of carbonyl (C=O) groups excluding carboxylic acids is 1. The summed E-state index contributed by atoms with van der Waals surface area (Å²) in [5.41, 5.74) is 1.93. The number of amides is 1. The lowest BCUT2D eigenvalue weighted by Crippen LogP contribution is -2.31. The Morgan fingerprint density at radius 1 is 1.32 bits per heavy atom. The van der Waals surface area contributed by atoms with Gasteiger partial charge in [0.1, 0.15) is 11.6 Å². The van der Waals surface area contributed by atoms with Gasteiger partial charge in [0.2, 0.25) is 5.91 Å². The molecule has 5 heteroatoms. The van der Waals surface area contributed by atoms with Crippen LogP contribution in [0, 0.1) is 25.2 Å². The molecule has 1 aromatic rings. The van der Waals surface area contributed by atoms with Crippen molar-refractivity contribution in [3.63, 3.8) is 0 Å². The first-order valence-electron chi connectivity index (χ1n) is 7.08. The number of hydrogen-bond acceptors (Lipinski definition) is 3. The Labute approximate surface area is 130 Å². The number of carbonyl (C=O) groups is 1. The van der Waals surface area contributed by atoms with Gasteiger partial charge in [0, 0.05) is 25.2 Å². The molecule has 0 saturated heterocycles. The highest BCUT2D eigenvalue weighted by Crippen LogP contribution is 2.15. The predicted octanol–water partition coefficient (Wildman–Crippen LogP) is 2.00. The molecule has 1 aromatic heterocycles. The Morgan fingerprint density at radius 2 is 1.91 bits per heavy atom. The fraction of sp³-hybridized carbons (Fsp3) is 0.353. The first-order chi connectivity index (χ1) is 10.5. The summed E-state index contributed by atoms with van der Waals surface area (Å²) in [6.45, 7) is 11.7. The molecule has 0 radical (unpaired) electrons. The molecule has 0 atom stereocenters. The molecule has 1 rings (SSSR count). The van der Waals surface area contributed by atoms with E-state index in [2.05, 4.69) is 18.1 Å². The molecule has 0 unspecified atom stereocenters. The molecule has 116 valence electrons. The van der Waals surface area contributed by atoms with E-state index in [1.807, 2.05) is 6.07 Å². The molecule has 1 N–H and O–H groups in total. The van der Waals surface area contributed by atoms with Gasteiger partial charge in [-0.3, -0.25) is 9.59 Å². The maximum absolute atomic E-state index is 12.2. The minimum atomic E-state index is -0.382. The number of hydrogen-bond donors (Lipinski definition) is 1. The standard InChI is InChI=1S/C17H21N3O2/c1-5-9-20(10-6-2)16(21)8-7-14-12(3)15(11-18)17(22)19-13(14)4/h5-6H,1-2,7-10H2,3-4H3,(H,19,22). The van der Waals surface area contributed by atoms with Crippen LogP contribution in [0.15, 0.2) is 30.1 Å². The number of pyridine rings is 1. The van der Waals surface area contributed by atoms with Gasteiger partial charge in [-0.2, -0.15) is 5.26 Å². The van der Waals surface area contributed by atoms with Crippen LogP contribution in [0.25, 0.3) is 0 Å². The van der Waals surface area contributed by atoms with Crippen molar-refractivity contribution in [1.82, 2.24) is 9.88 Å². The maximum atomic E-state index is 12.2. The van der Waals surface area contributed by atoms with Crippen molar-refractivity contribution in [3.05, 3.63) is 58.0 Å². The van der Waals surface area contributed by atoms with Gasteiger partial charge in [0.25, 0.3) is 5.56 Å². The monoisotopic (exact) mass is 299 g/mol. The van der Waals surface area contributed by atoms with Crippen molar-refractivity contribution in [1.29, 1.82) is 5.26 Å². The zero-order valence-corrected chi connectivity index (χ0v) is 13.1.